The molecule has 1 saturated heterocycles. The van der Waals surface area contributed by atoms with E-state index in [4.69, 9.17) is 14.2 Å². The molecule has 0 spiro atoms. The van der Waals surface area contributed by atoms with Crippen molar-refractivity contribution in [2.75, 3.05) is 36.6 Å². The minimum absolute atomic E-state index is 0.106. The van der Waals surface area contributed by atoms with Gasteiger partial charge in [-0.25, -0.2) is 0 Å². The van der Waals surface area contributed by atoms with Crippen molar-refractivity contribution in [3.63, 3.8) is 0 Å². The number of rotatable bonds is 10. The lowest BCUT2D eigenvalue weighted by atomic mass is 10.1. The summed E-state index contributed by atoms with van der Waals surface area (Å²) in [6.45, 7) is -0.847. The largest absolute Gasteiger partial charge is 0.433 e. The molecule has 2 aliphatic rings. The summed E-state index contributed by atoms with van der Waals surface area (Å²) in [6, 6.07) is 22.8. The van der Waals surface area contributed by atoms with E-state index in [1.54, 1.807) is 42.5 Å². The highest BCUT2D eigenvalue weighted by molar-refractivity contribution is 6.12. The lowest BCUT2D eigenvalue weighted by Gasteiger charge is -2.26. The number of anilines is 2. The second kappa shape index (κ2) is 14.4. The van der Waals surface area contributed by atoms with Crippen molar-refractivity contribution in [2.45, 2.75) is 31.4 Å². The molecule has 0 saturated carbocycles. The summed E-state index contributed by atoms with van der Waals surface area (Å²) >= 11 is 0. The summed E-state index contributed by atoms with van der Waals surface area (Å²) in [6.07, 6.45) is 0.351. The van der Waals surface area contributed by atoms with Crippen LogP contribution in [0.15, 0.2) is 91.1 Å². The van der Waals surface area contributed by atoms with Gasteiger partial charge in [0, 0.05) is 18.7 Å². The van der Waals surface area contributed by atoms with Crippen LogP contribution in [0.25, 0.3) is 10.8 Å². The van der Waals surface area contributed by atoms with Crippen LogP contribution < -0.4 is 20.4 Å². The molecule has 13 nitrogen and oxygen atoms in total. The lowest BCUT2D eigenvalue weighted by molar-refractivity contribution is -0.168. The molecule has 6 rings (SSSR count). The number of fused-ring (bicyclic) bond motifs is 2. The van der Waals surface area contributed by atoms with Gasteiger partial charge in [0.1, 0.15) is 30.9 Å². The number of benzene rings is 3. The normalized spacial score (nSPS) is 19.0. The first kappa shape index (κ1) is 32.3. The maximum Gasteiger partial charge on any atom is 0.310 e. The first-order chi connectivity index (χ1) is 23.3. The molecule has 4 aromatic rings. The van der Waals surface area contributed by atoms with Gasteiger partial charge in [0.15, 0.2) is 0 Å². The van der Waals surface area contributed by atoms with Crippen LogP contribution in [0.3, 0.4) is 0 Å². The molecule has 4 amide bonds. The highest BCUT2D eigenvalue weighted by Gasteiger charge is 2.40. The summed E-state index contributed by atoms with van der Waals surface area (Å²) in [7, 11) is 1.38. The zero-order chi connectivity index (χ0) is 33.6. The Bertz CT molecular complexity index is 1850. The molecule has 13 heteroatoms. The molecule has 246 valence electrons. The van der Waals surface area contributed by atoms with E-state index in [-0.39, 0.29) is 37.6 Å². The van der Waals surface area contributed by atoms with Crippen LogP contribution in [-0.4, -0.2) is 79.8 Å². The van der Waals surface area contributed by atoms with Crippen molar-refractivity contribution in [1.82, 2.24) is 15.6 Å². The van der Waals surface area contributed by atoms with Crippen molar-refractivity contribution in [2.24, 2.45) is 0 Å². The second-order valence-electron chi connectivity index (χ2n) is 11.3. The molecule has 3 unspecified atom stereocenters. The lowest BCUT2D eigenvalue weighted by Crippen LogP contribution is -2.55. The van der Waals surface area contributed by atoms with Crippen LogP contribution in [0, 0.1) is 0 Å². The van der Waals surface area contributed by atoms with Gasteiger partial charge in [-0.3, -0.25) is 33.9 Å². The zero-order valence-corrected chi connectivity index (χ0v) is 26.0. The average Bonchev–Trinajstić information content (AvgIpc) is 3.40. The number of esters is 1. The zero-order valence-electron chi connectivity index (χ0n) is 26.0. The summed E-state index contributed by atoms with van der Waals surface area (Å²) in [5.41, 5.74) is 1.59. The van der Waals surface area contributed by atoms with Gasteiger partial charge in [0.25, 0.3) is 17.7 Å². The second-order valence-corrected chi connectivity index (χ2v) is 11.3. The minimum Gasteiger partial charge on any atom is -0.433 e. The number of nitrogens with one attached hydrogen (secondary N) is 2. The fraction of sp³-hybridized carbons (Fsp3) is 0.257. The van der Waals surface area contributed by atoms with Crippen LogP contribution in [0.1, 0.15) is 22.5 Å². The Morgan fingerprint density at radius 2 is 1.65 bits per heavy atom. The van der Waals surface area contributed by atoms with Crippen LogP contribution in [0.4, 0.5) is 11.4 Å². The molecule has 2 N–H and O–H groups in total. The van der Waals surface area contributed by atoms with E-state index in [2.05, 4.69) is 15.6 Å². The third-order valence-corrected chi connectivity index (χ3v) is 8.02. The standard InChI is InChI=1S/C35H33N5O8/c1-46-21-30(42)39-18-26(38-33(44)32-24-12-6-5-11-23(24)15-16-36-32)34(45)40(28-14-8-7-13-27(28)39)19-29(41)37-25-17-31(43)48-35(25)47-20-22-9-3-2-4-10-22/h2-16,25-26,35H,17-21H2,1H3,(H,37,41)(H,38,44). The van der Waals surface area contributed by atoms with Gasteiger partial charge in [-0.2, -0.15) is 0 Å². The Kier molecular flexibility index (Phi) is 9.69. The maximum absolute atomic E-state index is 14.3. The number of nitrogens with zero attached hydrogens (tertiary/aromatic N) is 3. The summed E-state index contributed by atoms with van der Waals surface area (Å²) in [5.74, 6) is -2.85. The average molecular weight is 652 g/mol. The molecule has 0 bridgehead atoms. The Balaban J connectivity index is 1.26. The predicted octanol–water partition coefficient (Wildman–Crippen LogP) is 2.33. The first-order valence-electron chi connectivity index (χ1n) is 15.3. The highest BCUT2D eigenvalue weighted by atomic mass is 16.7. The summed E-state index contributed by atoms with van der Waals surface area (Å²) < 4.78 is 16.2. The molecule has 3 atom stereocenters. The molecular weight excluding hydrogens is 618 g/mol. The topological polar surface area (TPSA) is 156 Å². The SMILES string of the molecule is COCC(=O)N1CC(NC(=O)c2nccc3ccccc23)C(=O)N(CC(=O)NC2CC(=O)OC2OCc2ccccc2)c2ccccc21. The number of hydrogen-bond acceptors (Lipinski definition) is 9. The van der Waals surface area contributed by atoms with E-state index in [1.165, 1.54) is 23.1 Å². The number of cyclic esters (lactones) is 1. The van der Waals surface area contributed by atoms with Gasteiger partial charge >= 0.3 is 5.97 Å². The van der Waals surface area contributed by atoms with Gasteiger partial charge in [0.2, 0.25) is 12.2 Å². The molecular formula is C35H33N5O8. The highest BCUT2D eigenvalue weighted by Crippen LogP contribution is 2.33. The molecule has 1 aromatic heterocycles. The number of ether oxygens (including phenoxy) is 3. The van der Waals surface area contributed by atoms with Crippen molar-refractivity contribution in [1.29, 1.82) is 0 Å². The van der Waals surface area contributed by atoms with Crippen molar-refractivity contribution < 1.29 is 38.2 Å². The third kappa shape index (κ3) is 7.01. The third-order valence-electron chi connectivity index (χ3n) is 8.02. The van der Waals surface area contributed by atoms with Gasteiger partial charge in [-0.15, -0.1) is 0 Å². The minimum atomic E-state index is -1.27. The van der Waals surface area contributed by atoms with Crippen molar-refractivity contribution in [3.05, 3.63) is 102 Å². The quantitative estimate of drug-likeness (QED) is 0.246. The van der Waals surface area contributed by atoms with Crippen LogP contribution in [0.2, 0.25) is 0 Å². The number of pyridine rings is 1. The molecule has 3 aromatic carbocycles. The first-order valence-corrected chi connectivity index (χ1v) is 15.3. The molecule has 0 aliphatic carbocycles. The smallest absolute Gasteiger partial charge is 0.310 e. The fourth-order valence-electron chi connectivity index (χ4n) is 5.78. The summed E-state index contributed by atoms with van der Waals surface area (Å²) in [5, 5.41) is 6.90. The number of carbonyl (C=O) groups excluding carboxylic acids is 5. The summed E-state index contributed by atoms with van der Waals surface area (Å²) in [4.78, 5) is 73.8. The van der Waals surface area contributed by atoms with E-state index in [9.17, 15) is 24.0 Å². The van der Waals surface area contributed by atoms with E-state index in [0.717, 1.165) is 10.9 Å². The van der Waals surface area contributed by atoms with Crippen molar-refractivity contribution in [3.8, 4) is 0 Å². The number of methoxy groups -OCH3 is 1. The molecule has 1 fully saturated rings. The van der Waals surface area contributed by atoms with Gasteiger partial charge in [-0.1, -0.05) is 66.7 Å². The number of amides is 4. The van der Waals surface area contributed by atoms with E-state index in [1.807, 2.05) is 42.5 Å². The Morgan fingerprint density at radius 1 is 0.917 bits per heavy atom. The fourth-order valence-corrected chi connectivity index (χ4v) is 5.78. The van der Waals surface area contributed by atoms with E-state index < -0.39 is 54.5 Å². The molecule has 2 aliphatic heterocycles. The van der Waals surface area contributed by atoms with Crippen molar-refractivity contribution >= 4 is 51.7 Å². The van der Waals surface area contributed by atoms with Gasteiger partial charge < -0.3 is 29.7 Å². The van der Waals surface area contributed by atoms with Crippen LogP contribution >= 0.6 is 0 Å². The monoisotopic (exact) mass is 651 g/mol. The Labute approximate surface area is 275 Å². The molecule has 3 heterocycles. The van der Waals surface area contributed by atoms with Gasteiger partial charge in [0.05, 0.1) is 30.9 Å². The van der Waals surface area contributed by atoms with Crippen LogP contribution in [0.5, 0.6) is 0 Å². The number of carbonyl (C=O) groups is 5. The van der Waals surface area contributed by atoms with E-state index in [0.29, 0.717) is 11.1 Å². The van der Waals surface area contributed by atoms with Gasteiger partial charge in [-0.05, 0) is 29.1 Å². The number of aromatic nitrogens is 1. The molecule has 0 radical (unpaired) electrons. The number of para-hydroxylation sites is 2. The Hall–Kier alpha value is -5.66. The maximum atomic E-state index is 14.3. The Morgan fingerprint density at radius 3 is 2.44 bits per heavy atom. The predicted molar refractivity (Wildman–Crippen MR) is 174 cm³/mol. The molecule has 48 heavy (non-hydrogen) atoms. The number of hydrogen-bond donors (Lipinski definition) is 2. The van der Waals surface area contributed by atoms with E-state index >= 15 is 0 Å². The van der Waals surface area contributed by atoms with Crippen LogP contribution in [-0.2, 0) is 40.0 Å².